The molecule has 5 heteroatoms. The molecule has 0 saturated heterocycles. The van der Waals surface area contributed by atoms with E-state index in [1.807, 2.05) is 0 Å². The van der Waals surface area contributed by atoms with Crippen molar-refractivity contribution in [2.24, 2.45) is 0 Å². The molecule has 0 rings (SSSR count). The van der Waals surface area contributed by atoms with Crippen LogP contribution >= 0.6 is 54.1 Å². The second-order valence-electron chi connectivity index (χ2n) is 1.29. The molecule has 0 aromatic rings. The molecule has 0 saturated carbocycles. The summed E-state index contributed by atoms with van der Waals surface area (Å²) in [6, 6.07) is 0. The second kappa shape index (κ2) is 5.65. The van der Waals surface area contributed by atoms with Crippen molar-refractivity contribution in [2.75, 3.05) is 6.61 Å². The van der Waals surface area contributed by atoms with Crippen molar-refractivity contribution < 1.29 is 10.9 Å². The Labute approximate surface area is 82.8 Å². The van der Waals surface area contributed by atoms with Crippen molar-refractivity contribution in [3.8, 4) is 0 Å². The quantitative estimate of drug-likeness (QED) is 0.507. The molecule has 50 valence electrons. The van der Waals surface area contributed by atoms with Gasteiger partial charge in [0.1, 0.15) is 0 Å². The first kappa shape index (κ1) is 11.0. The van der Waals surface area contributed by atoms with Crippen LogP contribution in [-0.4, -0.2) is 6.61 Å². The Hall–Kier alpha value is 3.03. The third kappa shape index (κ3) is 9.03. The fourth-order valence-electron chi connectivity index (χ4n) is 0.218. The fraction of sp³-hybridized carbons (Fsp3) is 1.00. The first-order valence-corrected chi connectivity index (χ1v) is 25.2. The molecule has 0 atom stereocenters. The van der Waals surface area contributed by atoms with Crippen molar-refractivity contribution >= 4 is 54.1 Å². The zero-order chi connectivity index (χ0) is 6.62. The summed E-state index contributed by atoms with van der Waals surface area (Å²) in [5.41, 5.74) is 0. The van der Waals surface area contributed by atoms with Crippen LogP contribution in [0.5, 0.6) is 0 Å². The van der Waals surface area contributed by atoms with Crippen LogP contribution in [0.3, 0.4) is 0 Å². The summed E-state index contributed by atoms with van der Waals surface area (Å²) in [4.78, 5) is 0. The van der Waals surface area contributed by atoms with E-state index in [1.54, 1.807) is 0 Å². The molecule has 0 aromatic heterocycles. The molecule has 1 nitrogen and oxygen atoms in total. The van der Waals surface area contributed by atoms with Gasteiger partial charge in [0.2, 0.25) is 0 Å². The molecule has 0 aromatic carbocycles. The zero-order valence-corrected chi connectivity index (χ0v) is 13.4. The fourth-order valence-corrected chi connectivity index (χ4v) is 5.20. The molecular formula is C3H7I3OZr. The van der Waals surface area contributed by atoms with Gasteiger partial charge in [0.15, 0.2) is 0 Å². The van der Waals surface area contributed by atoms with Gasteiger partial charge in [0.05, 0.1) is 0 Å². The van der Waals surface area contributed by atoms with Gasteiger partial charge in [-0.15, -0.1) is 0 Å². The first-order chi connectivity index (χ1) is 3.56. The Morgan fingerprint density at radius 2 is 1.88 bits per heavy atom. The summed E-state index contributed by atoms with van der Waals surface area (Å²) >= 11 is 7.38. The third-order valence-electron chi connectivity index (χ3n) is 0.470. The molecule has 0 unspecified atom stereocenters. The van der Waals surface area contributed by atoms with E-state index in [9.17, 15) is 0 Å². The van der Waals surface area contributed by atoms with E-state index in [0.717, 1.165) is 13.0 Å². The van der Waals surface area contributed by atoms with Crippen molar-refractivity contribution in [1.29, 1.82) is 0 Å². The van der Waals surface area contributed by atoms with E-state index in [-0.39, 0.29) is 0 Å². The second-order valence-corrected chi connectivity index (χ2v) is 67.8. The molecule has 0 heterocycles. The first-order valence-electron chi connectivity index (χ1n) is 2.27. The molecule has 0 aliphatic rings. The van der Waals surface area contributed by atoms with Crippen LogP contribution in [0, 0.1) is 0 Å². The summed E-state index contributed by atoms with van der Waals surface area (Å²) < 4.78 is 5.55. The summed E-state index contributed by atoms with van der Waals surface area (Å²) in [7, 11) is -1.90. The van der Waals surface area contributed by atoms with Crippen LogP contribution in [-0.2, 0) is 10.9 Å². The molecule has 0 spiro atoms. The Bertz CT molecular complexity index is 62.0. The van der Waals surface area contributed by atoms with Crippen LogP contribution in [0.4, 0.5) is 0 Å². The van der Waals surface area contributed by atoms with E-state index in [1.165, 1.54) is 0 Å². The Morgan fingerprint density at radius 3 is 2.00 bits per heavy atom. The number of hydrogen-bond acceptors (Lipinski definition) is 1. The Morgan fingerprint density at radius 1 is 1.38 bits per heavy atom. The van der Waals surface area contributed by atoms with E-state index >= 15 is 0 Å². The van der Waals surface area contributed by atoms with E-state index in [4.69, 9.17) is 2.81 Å². The standard InChI is InChI=1S/C3H7O.3HI.Zr/c1-2-3-4;;;;/h2-3H2,1H3;3*1H;/q-1;;;;+4/p-3. The van der Waals surface area contributed by atoms with Gasteiger partial charge in [-0.05, 0) is 0 Å². The summed E-state index contributed by atoms with van der Waals surface area (Å²) in [6.45, 7) is 3.09. The molecule has 0 amide bonds. The van der Waals surface area contributed by atoms with Gasteiger partial charge in [-0.2, -0.15) is 0 Å². The number of hydrogen-bond donors (Lipinski definition) is 0. The van der Waals surface area contributed by atoms with E-state index in [2.05, 4.69) is 61.1 Å². The van der Waals surface area contributed by atoms with Crippen LogP contribution in [0.25, 0.3) is 0 Å². The van der Waals surface area contributed by atoms with Crippen molar-refractivity contribution in [1.82, 2.24) is 0 Å². The predicted octanol–water partition coefficient (Wildman–Crippen LogP) is 3.53. The summed E-state index contributed by atoms with van der Waals surface area (Å²) in [5, 5.41) is 0. The minimum absolute atomic E-state index is 0.949. The van der Waals surface area contributed by atoms with Gasteiger partial charge < -0.3 is 0 Å². The topological polar surface area (TPSA) is 9.23 Å². The Balaban J connectivity index is 3.11. The Kier molecular flexibility index (Phi) is 7.80. The molecule has 8 heavy (non-hydrogen) atoms. The third-order valence-corrected chi connectivity index (χ3v) is 7.30. The average Bonchev–Trinajstić information content (AvgIpc) is 1.59. The SMILES string of the molecule is CCC[O][Zr]([I])([I])[I]. The van der Waals surface area contributed by atoms with Gasteiger partial charge in [0, 0.05) is 0 Å². The minimum atomic E-state index is -1.90. The molecule has 0 fully saturated rings. The normalized spacial score (nSPS) is 12.0. The van der Waals surface area contributed by atoms with Gasteiger partial charge in [-0.3, -0.25) is 0 Å². The number of rotatable bonds is 3. The van der Waals surface area contributed by atoms with Crippen molar-refractivity contribution in [3.05, 3.63) is 0 Å². The molecule has 0 N–H and O–H groups in total. The van der Waals surface area contributed by atoms with E-state index in [0.29, 0.717) is 0 Å². The van der Waals surface area contributed by atoms with Gasteiger partial charge in [-0.25, -0.2) is 0 Å². The van der Waals surface area contributed by atoms with Crippen LogP contribution in [0.15, 0.2) is 0 Å². The van der Waals surface area contributed by atoms with Crippen LogP contribution < -0.4 is 0 Å². The zero-order valence-electron chi connectivity index (χ0n) is 4.46. The molecule has 0 bridgehead atoms. The van der Waals surface area contributed by atoms with Crippen molar-refractivity contribution in [2.45, 2.75) is 13.3 Å². The maximum absolute atomic E-state index is 5.55. The summed E-state index contributed by atoms with van der Waals surface area (Å²) in [5.74, 6) is 0. The van der Waals surface area contributed by atoms with Gasteiger partial charge in [0.25, 0.3) is 0 Å². The van der Waals surface area contributed by atoms with Crippen molar-refractivity contribution in [3.63, 3.8) is 0 Å². The molecule has 0 radical (unpaired) electrons. The monoisotopic (exact) mass is 530 g/mol. The van der Waals surface area contributed by atoms with Crippen LogP contribution in [0.2, 0.25) is 0 Å². The molecular weight excluding hydrogens is 524 g/mol. The average molecular weight is 531 g/mol. The predicted molar refractivity (Wildman–Crippen MR) is 58.3 cm³/mol. The summed E-state index contributed by atoms with van der Waals surface area (Å²) in [6.07, 6.45) is 1.15. The van der Waals surface area contributed by atoms with Gasteiger partial charge >= 0.3 is 85.0 Å². The number of halogens is 3. The van der Waals surface area contributed by atoms with Gasteiger partial charge in [-0.1, -0.05) is 0 Å². The van der Waals surface area contributed by atoms with E-state index < -0.39 is 8.14 Å². The molecule has 0 aliphatic carbocycles. The molecule has 0 aliphatic heterocycles. The van der Waals surface area contributed by atoms with Crippen LogP contribution in [0.1, 0.15) is 13.3 Å². The maximum atomic E-state index is 5.55.